The number of nitrogens with one attached hydrogen (secondary N) is 1. The average molecular weight is 359 g/mol. The van der Waals surface area contributed by atoms with E-state index in [2.05, 4.69) is 5.32 Å². The van der Waals surface area contributed by atoms with Crippen molar-refractivity contribution in [3.05, 3.63) is 34.9 Å². The Bertz CT molecular complexity index is 553. The second kappa shape index (κ2) is 7.39. The number of carbonyl (C=O) groups excluding carboxylic acids is 1. The largest absolute Gasteiger partial charge is 0.416 e. The minimum atomic E-state index is -5.04. The Morgan fingerprint density at radius 3 is 1.88 bits per heavy atom. The first kappa shape index (κ1) is 20.2. The molecule has 0 fully saturated rings. The Hall–Kier alpha value is -1.81. The van der Waals surface area contributed by atoms with E-state index in [-0.39, 0.29) is 19.0 Å². The van der Waals surface area contributed by atoms with Crippen LogP contribution in [-0.2, 0) is 17.1 Å². The lowest BCUT2D eigenvalue weighted by Gasteiger charge is -2.21. The van der Waals surface area contributed by atoms with Gasteiger partial charge in [0.25, 0.3) is 0 Å². The Balaban J connectivity index is 3.10. The van der Waals surface area contributed by atoms with E-state index in [9.17, 15) is 41.4 Å². The van der Waals surface area contributed by atoms with Crippen LogP contribution in [0.2, 0.25) is 0 Å². The maximum absolute atomic E-state index is 12.7. The highest BCUT2D eigenvalue weighted by molar-refractivity contribution is 5.72. The van der Waals surface area contributed by atoms with Gasteiger partial charge in [-0.3, -0.25) is 4.79 Å². The van der Waals surface area contributed by atoms with Gasteiger partial charge < -0.3 is 15.5 Å². The normalized spacial score (nSPS) is 15.0. The fourth-order valence-electron chi connectivity index (χ4n) is 1.93. The van der Waals surface area contributed by atoms with Crippen molar-refractivity contribution in [2.75, 3.05) is 6.54 Å². The van der Waals surface area contributed by atoms with Crippen molar-refractivity contribution in [3.8, 4) is 0 Å². The molecule has 0 aliphatic rings. The predicted octanol–water partition coefficient (Wildman–Crippen LogP) is 2.64. The first-order valence-electron chi connectivity index (χ1n) is 6.72. The lowest BCUT2D eigenvalue weighted by Crippen LogP contribution is -2.28. The van der Waals surface area contributed by atoms with Gasteiger partial charge in [-0.05, 0) is 30.2 Å². The molecule has 0 aliphatic carbocycles. The molecule has 0 spiro atoms. The summed E-state index contributed by atoms with van der Waals surface area (Å²) >= 11 is 0. The van der Waals surface area contributed by atoms with Gasteiger partial charge in [-0.15, -0.1) is 0 Å². The predicted molar refractivity (Wildman–Crippen MR) is 70.7 cm³/mol. The quantitative estimate of drug-likeness (QED) is 0.708. The van der Waals surface area contributed by atoms with Crippen LogP contribution in [-0.4, -0.2) is 28.8 Å². The van der Waals surface area contributed by atoms with Gasteiger partial charge >= 0.3 is 12.4 Å². The van der Waals surface area contributed by atoms with Crippen LogP contribution >= 0.6 is 0 Å². The number of aliphatic hydroxyl groups excluding tert-OH is 2. The van der Waals surface area contributed by atoms with Gasteiger partial charge in [-0.25, -0.2) is 0 Å². The molecule has 0 saturated carbocycles. The molecular weight excluding hydrogens is 344 g/mol. The number of benzene rings is 1. The van der Waals surface area contributed by atoms with Crippen LogP contribution in [0.25, 0.3) is 0 Å². The minimum Gasteiger partial charge on any atom is -0.390 e. The number of amides is 1. The monoisotopic (exact) mass is 359 g/mol. The third-order valence-corrected chi connectivity index (χ3v) is 3.13. The fraction of sp³-hybridized carbons (Fsp3) is 0.500. The molecule has 3 N–H and O–H groups in total. The van der Waals surface area contributed by atoms with Crippen LogP contribution in [0.4, 0.5) is 26.3 Å². The Labute approximate surface area is 133 Å². The highest BCUT2D eigenvalue weighted by Gasteiger charge is 2.37. The highest BCUT2D eigenvalue weighted by atomic mass is 19.4. The van der Waals surface area contributed by atoms with Crippen molar-refractivity contribution in [1.29, 1.82) is 0 Å². The van der Waals surface area contributed by atoms with Crippen LogP contribution in [0.1, 0.15) is 36.1 Å². The molecular formula is C14H15F6NO3. The van der Waals surface area contributed by atoms with E-state index in [0.29, 0.717) is 12.1 Å². The first-order chi connectivity index (χ1) is 10.8. The molecule has 2 unspecified atom stereocenters. The van der Waals surface area contributed by atoms with E-state index >= 15 is 0 Å². The summed E-state index contributed by atoms with van der Waals surface area (Å²) in [4.78, 5) is 10.7. The van der Waals surface area contributed by atoms with Crippen molar-refractivity contribution in [1.82, 2.24) is 5.32 Å². The van der Waals surface area contributed by atoms with Gasteiger partial charge in [-0.2, -0.15) is 26.3 Å². The molecule has 24 heavy (non-hydrogen) atoms. The number of rotatable bonds is 5. The number of aliphatic hydroxyl groups is 2. The van der Waals surface area contributed by atoms with Crippen molar-refractivity contribution in [2.45, 2.75) is 37.9 Å². The third-order valence-electron chi connectivity index (χ3n) is 3.13. The number of alkyl halides is 6. The fourth-order valence-corrected chi connectivity index (χ4v) is 1.93. The van der Waals surface area contributed by atoms with Crippen LogP contribution in [0.15, 0.2) is 18.2 Å². The van der Waals surface area contributed by atoms with E-state index in [1.54, 1.807) is 0 Å². The van der Waals surface area contributed by atoms with Crippen molar-refractivity contribution < 1.29 is 41.4 Å². The van der Waals surface area contributed by atoms with Crippen LogP contribution in [0.3, 0.4) is 0 Å². The van der Waals surface area contributed by atoms with Gasteiger partial charge in [0.15, 0.2) is 0 Å². The third kappa shape index (κ3) is 5.68. The number of hydrogen-bond acceptors (Lipinski definition) is 3. The van der Waals surface area contributed by atoms with E-state index in [1.807, 2.05) is 0 Å². The van der Waals surface area contributed by atoms with E-state index in [1.165, 1.54) is 6.92 Å². The second-order valence-electron chi connectivity index (χ2n) is 5.12. The molecule has 0 radical (unpaired) electrons. The summed E-state index contributed by atoms with van der Waals surface area (Å²) in [6.07, 6.45) is -14.0. The number of carbonyl (C=O) groups is 1. The van der Waals surface area contributed by atoms with Crippen molar-refractivity contribution in [2.24, 2.45) is 0 Å². The molecule has 10 heteroatoms. The molecule has 0 bridgehead atoms. The zero-order chi connectivity index (χ0) is 18.7. The summed E-state index contributed by atoms with van der Waals surface area (Å²) in [5.74, 6) is -0.435. The summed E-state index contributed by atoms with van der Waals surface area (Å²) in [7, 11) is 0. The molecule has 136 valence electrons. The molecule has 0 aromatic heterocycles. The van der Waals surface area contributed by atoms with Gasteiger partial charge in [0, 0.05) is 13.5 Å². The van der Waals surface area contributed by atoms with E-state index in [0.717, 1.165) is 0 Å². The standard InChI is InChI=1S/C14H15F6NO3/c1-7(22)21-3-2-11(23)12(24)8-4-9(13(15,16)17)6-10(5-8)14(18,19)20/h4-6,11-12,23-24H,2-3H2,1H3,(H,21,22). The number of halogens is 6. The smallest absolute Gasteiger partial charge is 0.390 e. The zero-order valence-electron chi connectivity index (χ0n) is 12.4. The maximum Gasteiger partial charge on any atom is 0.416 e. The molecule has 1 aromatic rings. The Morgan fingerprint density at radius 1 is 1.04 bits per heavy atom. The molecule has 1 rings (SSSR count). The van der Waals surface area contributed by atoms with Crippen molar-refractivity contribution >= 4 is 5.91 Å². The summed E-state index contributed by atoms with van der Waals surface area (Å²) in [5.41, 5.74) is -3.88. The topological polar surface area (TPSA) is 69.6 Å². The summed E-state index contributed by atoms with van der Waals surface area (Å²) < 4.78 is 76.4. The molecule has 2 atom stereocenters. The second-order valence-corrected chi connectivity index (χ2v) is 5.12. The molecule has 0 saturated heterocycles. The Morgan fingerprint density at radius 2 is 1.50 bits per heavy atom. The average Bonchev–Trinajstić information content (AvgIpc) is 2.43. The SMILES string of the molecule is CC(=O)NCCC(O)C(O)c1cc(C(F)(F)F)cc(C(F)(F)F)c1. The minimum absolute atomic E-state index is 0.0695. The number of hydrogen-bond donors (Lipinski definition) is 3. The molecule has 0 aliphatic heterocycles. The summed E-state index contributed by atoms with van der Waals surface area (Å²) in [6.45, 7) is 1.09. The molecule has 4 nitrogen and oxygen atoms in total. The zero-order valence-corrected chi connectivity index (χ0v) is 12.4. The summed E-state index contributed by atoms with van der Waals surface area (Å²) in [6, 6.07) is 0.628. The van der Waals surface area contributed by atoms with Crippen molar-refractivity contribution in [3.63, 3.8) is 0 Å². The van der Waals surface area contributed by atoms with Gasteiger partial charge in [0.2, 0.25) is 5.91 Å². The first-order valence-corrected chi connectivity index (χ1v) is 6.72. The van der Waals surface area contributed by atoms with E-state index < -0.39 is 47.2 Å². The molecule has 1 aromatic carbocycles. The maximum atomic E-state index is 12.7. The van der Waals surface area contributed by atoms with E-state index in [4.69, 9.17) is 0 Å². The highest BCUT2D eigenvalue weighted by Crippen LogP contribution is 2.37. The van der Waals surface area contributed by atoms with Crippen LogP contribution in [0.5, 0.6) is 0 Å². The molecule has 0 heterocycles. The van der Waals surface area contributed by atoms with Gasteiger partial charge in [-0.1, -0.05) is 0 Å². The lowest BCUT2D eigenvalue weighted by molar-refractivity contribution is -0.143. The lowest BCUT2D eigenvalue weighted by atomic mass is 9.97. The Kier molecular flexibility index (Phi) is 6.23. The van der Waals surface area contributed by atoms with Gasteiger partial charge in [0.05, 0.1) is 17.2 Å². The van der Waals surface area contributed by atoms with Gasteiger partial charge in [0.1, 0.15) is 6.10 Å². The summed E-state index contributed by atoms with van der Waals surface area (Å²) in [5, 5.41) is 21.8. The molecule has 1 amide bonds. The van der Waals surface area contributed by atoms with Crippen LogP contribution in [0, 0.1) is 0 Å². The van der Waals surface area contributed by atoms with Crippen LogP contribution < -0.4 is 5.32 Å².